The second kappa shape index (κ2) is 5.01. The van der Waals surface area contributed by atoms with Crippen molar-refractivity contribution in [1.29, 1.82) is 0 Å². The molecule has 6 nitrogen and oxygen atoms in total. The molecule has 3 rings (SSSR count). The summed E-state index contributed by atoms with van der Waals surface area (Å²) in [4.78, 5) is 0. The number of nitrogens with two attached hydrogens (primary N) is 1. The zero-order valence-corrected chi connectivity index (χ0v) is 12.1. The molecule has 2 aromatic carbocycles. The number of halogens is 1. The van der Waals surface area contributed by atoms with E-state index in [1.54, 1.807) is 13.2 Å². The van der Waals surface area contributed by atoms with Gasteiger partial charge in [-0.3, -0.25) is 0 Å². The van der Waals surface area contributed by atoms with Crippen LogP contribution in [0.2, 0.25) is 0 Å². The third-order valence-corrected chi connectivity index (χ3v) is 3.37. The summed E-state index contributed by atoms with van der Waals surface area (Å²) in [5.41, 5.74) is 8.99. The fourth-order valence-electron chi connectivity index (χ4n) is 1.91. The topological polar surface area (TPSA) is 86.2 Å². The molecule has 0 saturated heterocycles. The number of benzene rings is 2. The highest BCUT2D eigenvalue weighted by Crippen LogP contribution is 2.33. The molecule has 0 aliphatic rings. The number of methoxy groups -OCH3 is 1. The number of aromatic nitrogens is 2. The van der Waals surface area contributed by atoms with Gasteiger partial charge < -0.3 is 15.8 Å². The van der Waals surface area contributed by atoms with Crippen molar-refractivity contribution in [2.75, 3.05) is 18.2 Å². The van der Waals surface area contributed by atoms with Crippen molar-refractivity contribution in [3.8, 4) is 5.75 Å². The van der Waals surface area contributed by atoms with E-state index in [2.05, 4.69) is 31.6 Å². The van der Waals surface area contributed by atoms with Crippen molar-refractivity contribution in [1.82, 2.24) is 10.3 Å². The van der Waals surface area contributed by atoms with E-state index in [0.717, 1.165) is 21.6 Å². The minimum Gasteiger partial charge on any atom is -0.495 e. The SMILES string of the molecule is COc1ccc(Br)cc1Nc1ccc(N)c2nonc12. The van der Waals surface area contributed by atoms with Gasteiger partial charge >= 0.3 is 0 Å². The highest BCUT2D eigenvalue weighted by atomic mass is 79.9. The molecular weight excluding hydrogens is 324 g/mol. The van der Waals surface area contributed by atoms with Crippen molar-refractivity contribution in [2.24, 2.45) is 0 Å². The second-order valence-electron chi connectivity index (χ2n) is 4.13. The summed E-state index contributed by atoms with van der Waals surface area (Å²) in [7, 11) is 1.62. The number of fused-ring (bicyclic) bond motifs is 1. The highest BCUT2D eigenvalue weighted by molar-refractivity contribution is 9.10. The number of hydrogen-bond acceptors (Lipinski definition) is 6. The molecule has 0 bridgehead atoms. The van der Waals surface area contributed by atoms with E-state index in [0.29, 0.717) is 16.7 Å². The Labute approximate surface area is 123 Å². The Bertz CT molecular complexity index is 772. The molecule has 0 aliphatic heterocycles. The molecule has 3 aromatic rings. The van der Waals surface area contributed by atoms with Crippen molar-refractivity contribution in [2.45, 2.75) is 0 Å². The predicted molar refractivity (Wildman–Crippen MR) is 80.2 cm³/mol. The van der Waals surface area contributed by atoms with Gasteiger partial charge in [-0.2, -0.15) is 0 Å². The van der Waals surface area contributed by atoms with Crippen LogP contribution in [0.25, 0.3) is 11.0 Å². The molecule has 0 spiro atoms. The summed E-state index contributed by atoms with van der Waals surface area (Å²) in [6.45, 7) is 0. The molecule has 0 aliphatic carbocycles. The lowest BCUT2D eigenvalue weighted by Gasteiger charge is -2.11. The number of nitrogens with zero attached hydrogens (tertiary/aromatic N) is 2. The average molecular weight is 335 g/mol. The van der Waals surface area contributed by atoms with Gasteiger partial charge in [-0.15, -0.1) is 0 Å². The summed E-state index contributed by atoms with van der Waals surface area (Å²) < 4.78 is 11.0. The van der Waals surface area contributed by atoms with Crippen molar-refractivity contribution < 1.29 is 9.37 Å². The Kier molecular flexibility index (Phi) is 3.19. The number of rotatable bonds is 3. The normalized spacial score (nSPS) is 10.7. The Morgan fingerprint density at radius 3 is 2.75 bits per heavy atom. The molecule has 0 radical (unpaired) electrons. The Balaban J connectivity index is 2.08. The minimum atomic E-state index is 0.521. The maximum atomic E-state index is 5.82. The zero-order chi connectivity index (χ0) is 14.1. The Morgan fingerprint density at radius 1 is 1.15 bits per heavy atom. The smallest absolute Gasteiger partial charge is 0.160 e. The van der Waals surface area contributed by atoms with E-state index in [1.165, 1.54) is 0 Å². The lowest BCUT2D eigenvalue weighted by atomic mass is 10.2. The molecule has 1 heterocycles. The summed E-state index contributed by atoms with van der Waals surface area (Å²) >= 11 is 3.43. The molecule has 0 saturated carbocycles. The van der Waals surface area contributed by atoms with Gasteiger partial charge in [0.1, 0.15) is 5.75 Å². The van der Waals surface area contributed by atoms with Gasteiger partial charge in [0, 0.05) is 4.47 Å². The highest BCUT2D eigenvalue weighted by Gasteiger charge is 2.12. The lowest BCUT2D eigenvalue weighted by molar-refractivity contribution is 0.316. The van der Waals surface area contributed by atoms with E-state index < -0.39 is 0 Å². The van der Waals surface area contributed by atoms with Gasteiger partial charge in [0.2, 0.25) is 0 Å². The van der Waals surface area contributed by atoms with Gasteiger partial charge in [0.15, 0.2) is 11.0 Å². The van der Waals surface area contributed by atoms with E-state index in [-0.39, 0.29) is 0 Å². The van der Waals surface area contributed by atoms with Gasteiger partial charge in [-0.05, 0) is 40.6 Å². The fraction of sp³-hybridized carbons (Fsp3) is 0.0769. The molecule has 0 fully saturated rings. The monoisotopic (exact) mass is 334 g/mol. The van der Waals surface area contributed by atoms with Crippen LogP contribution in [0.3, 0.4) is 0 Å². The first-order chi connectivity index (χ1) is 9.69. The Hall–Kier alpha value is -2.28. The summed E-state index contributed by atoms with van der Waals surface area (Å²) in [5, 5.41) is 10.9. The van der Waals surface area contributed by atoms with Gasteiger partial charge in [0.25, 0.3) is 0 Å². The van der Waals surface area contributed by atoms with E-state index in [4.69, 9.17) is 15.1 Å². The Morgan fingerprint density at radius 2 is 1.95 bits per heavy atom. The molecule has 0 unspecified atom stereocenters. The lowest BCUT2D eigenvalue weighted by Crippen LogP contribution is -1.96. The van der Waals surface area contributed by atoms with Gasteiger partial charge in [0.05, 0.1) is 24.2 Å². The maximum Gasteiger partial charge on any atom is 0.160 e. The number of anilines is 3. The van der Waals surface area contributed by atoms with Crippen LogP contribution in [0.1, 0.15) is 0 Å². The molecule has 102 valence electrons. The maximum absolute atomic E-state index is 5.82. The summed E-state index contributed by atoms with van der Waals surface area (Å²) in [5.74, 6) is 0.717. The second-order valence-corrected chi connectivity index (χ2v) is 5.05. The first kappa shape index (κ1) is 12.7. The molecule has 20 heavy (non-hydrogen) atoms. The molecule has 0 atom stereocenters. The predicted octanol–water partition coefficient (Wildman–Crippen LogP) is 3.32. The van der Waals surface area contributed by atoms with Gasteiger partial charge in [-0.1, -0.05) is 15.9 Å². The third-order valence-electron chi connectivity index (χ3n) is 2.88. The zero-order valence-electron chi connectivity index (χ0n) is 10.6. The van der Waals surface area contributed by atoms with Crippen molar-refractivity contribution in [3.05, 3.63) is 34.8 Å². The fourth-order valence-corrected chi connectivity index (χ4v) is 2.27. The molecule has 1 aromatic heterocycles. The quantitative estimate of drug-likeness (QED) is 0.714. The van der Waals surface area contributed by atoms with E-state index in [1.807, 2.05) is 24.3 Å². The minimum absolute atomic E-state index is 0.521. The number of ether oxygens (including phenoxy) is 1. The first-order valence-corrected chi connectivity index (χ1v) is 6.59. The van der Waals surface area contributed by atoms with Crippen LogP contribution >= 0.6 is 15.9 Å². The van der Waals surface area contributed by atoms with Crippen LogP contribution in [0, 0.1) is 0 Å². The molecule has 0 amide bonds. The first-order valence-electron chi connectivity index (χ1n) is 5.80. The average Bonchev–Trinajstić information content (AvgIpc) is 2.93. The van der Waals surface area contributed by atoms with Crippen LogP contribution in [0.5, 0.6) is 5.75 Å². The standard InChI is InChI=1S/C13H11BrN4O2/c1-19-11-5-2-7(14)6-10(11)16-9-4-3-8(15)12-13(9)18-20-17-12/h2-6,16H,15H2,1H3. The van der Waals surface area contributed by atoms with Gasteiger partial charge in [-0.25, -0.2) is 4.63 Å². The van der Waals surface area contributed by atoms with Crippen LogP contribution in [0.4, 0.5) is 17.1 Å². The third kappa shape index (κ3) is 2.16. The van der Waals surface area contributed by atoms with Crippen LogP contribution < -0.4 is 15.8 Å². The van der Waals surface area contributed by atoms with Crippen LogP contribution in [-0.2, 0) is 0 Å². The largest absolute Gasteiger partial charge is 0.495 e. The van der Waals surface area contributed by atoms with Crippen LogP contribution in [0.15, 0.2) is 39.4 Å². The van der Waals surface area contributed by atoms with E-state index in [9.17, 15) is 0 Å². The molecule has 7 heteroatoms. The molecule has 3 N–H and O–H groups in total. The number of hydrogen-bond donors (Lipinski definition) is 2. The van der Waals surface area contributed by atoms with Crippen molar-refractivity contribution in [3.63, 3.8) is 0 Å². The number of nitrogen functional groups attached to an aromatic ring is 1. The van der Waals surface area contributed by atoms with Crippen molar-refractivity contribution >= 4 is 44.0 Å². The van der Waals surface area contributed by atoms with Crippen LogP contribution in [-0.4, -0.2) is 17.4 Å². The number of nitrogens with one attached hydrogen (secondary N) is 1. The van der Waals surface area contributed by atoms with E-state index >= 15 is 0 Å². The molecular formula is C13H11BrN4O2. The summed E-state index contributed by atoms with van der Waals surface area (Å²) in [6, 6.07) is 9.25. The summed E-state index contributed by atoms with van der Waals surface area (Å²) in [6.07, 6.45) is 0.